The molecule has 0 aliphatic carbocycles. The first kappa shape index (κ1) is 30.8. The number of carbonyl (C=O) groups is 4. The fourth-order valence-corrected chi connectivity index (χ4v) is 2.39. The third-order valence-electron chi connectivity index (χ3n) is 3.35. The summed E-state index contributed by atoms with van der Waals surface area (Å²) in [6, 6.07) is 0. The Morgan fingerprint density at radius 1 is 0.759 bits per heavy atom. The third kappa shape index (κ3) is 9.23. The zero-order valence-electron chi connectivity index (χ0n) is 19.1. The van der Waals surface area contributed by atoms with Crippen LogP contribution in [0.15, 0.2) is 0 Å². The van der Waals surface area contributed by atoms with E-state index in [1.807, 2.05) is 41.5 Å². The average Bonchev–Trinajstić information content (AvgIpc) is 2.67. The molecule has 1 aromatic carbocycles. The number of carboxylic acids is 2. The molecule has 0 bridgehead atoms. The highest BCUT2D eigenvalue weighted by Crippen LogP contribution is 2.31. The Kier molecular flexibility index (Phi) is 17.1. The van der Waals surface area contributed by atoms with Crippen molar-refractivity contribution in [1.82, 2.24) is 0 Å². The summed E-state index contributed by atoms with van der Waals surface area (Å²) in [5.74, 6) is -3.92. The molecule has 0 unspecified atom stereocenters. The quantitative estimate of drug-likeness (QED) is 0.602. The minimum atomic E-state index is -1.29. The van der Waals surface area contributed by atoms with Gasteiger partial charge in [-0.1, -0.05) is 41.5 Å². The number of rotatable bonds is 5. The lowest BCUT2D eigenvalue weighted by Gasteiger charge is -2.19. The second-order valence-corrected chi connectivity index (χ2v) is 4.94. The zero-order valence-corrected chi connectivity index (χ0v) is 19.1. The van der Waals surface area contributed by atoms with Gasteiger partial charge in [-0.2, -0.15) is 0 Å². The lowest BCUT2D eigenvalue weighted by molar-refractivity contribution is -0.144. The third-order valence-corrected chi connectivity index (χ3v) is 3.35. The Hall–Kier alpha value is -2.90. The molecule has 1 aromatic rings. The molecule has 0 aliphatic heterocycles. The number of aromatic carboxylic acids is 2. The molecule has 0 fully saturated rings. The topological polar surface area (TPSA) is 130 Å². The first-order valence-corrected chi connectivity index (χ1v) is 9.61. The molecule has 8 nitrogen and oxygen atoms in total. The molecule has 0 radical (unpaired) electrons. The SMILES string of the molecule is CC.CC.CC.CC(=O)OCC(=O)Nc1c(C)c(C(=O)O)c(C)c(C(=O)O)c1C. The largest absolute Gasteiger partial charge is 0.478 e. The number of hydrogen-bond acceptors (Lipinski definition) is 5. The molecular weight excluding hydrogens is 378 g/mol. The molecule has 8 heteroatoms. The van der Waals surface area contributed by atoms with E-state index < -0.39 is 30.4 Å². The molecule has 0 heterocycles. The second kappa shape index (κ2) is 16.1. The molecule has 0 aliphatic rings. The van der Waals surface area contributed by atoms with E-state index in [1.54, 1.807) is 0 Å². The van der Waals surface area contributed by atoms with Crippen LogP contribution >= 0.6 is 0 Å². The van der Waals surface area contributed by atoms with E-state index in [4.69, 9.17) is 0 Å². The summed E-state index contributed by atoms with van der Waals surface area (Å²) in [4.78, 5) is 45.3. The van der Waals surface area contributed by atoms with Gasteiger partial charge in [-0.05, 0) is 37.5 Å². The molecule has 29 heavy (non-hydrogen) atoms. The Morgan fingerprint density at radius 3 is 1.38 bits per heavy atom. The fourth-order valence-electron chi connectivity index (χ4n) is 2.39. The van der Waals surface area contributed by atoms with Crippen LogP contribution in [0.3, 0.4) is 0 Å². The van der Waals surface area contributed by atoms with Crippen molar-refractivity contribution in [2.45, 2.75) is 69.2 Å². The van der Waals surface area contributed by atoms with E-state index >= 15 is 0 Å². The fraction of sp³-hybridized carbons (Fsp3) is 0.524. The first-order valence-electron chi connectivity index (χ1n) is 9.61. The van der Waals surface area contributed by atoms with E-state index in [1.165, 1.54) is 20.8 Å². The molecule has 0 saturated heterocycles. The number of carbonyl (C=O) groups excluding carboxylic acids is 2. The number of carboxylic acid groups (broad SMARTS) is 2. The van der Waals surface area contributed by atoms with Crippen LogP contribution in [-0.2, 0) is 14.3 Å². The maximum Gasteiger partial charge on any atom is 0.336 e. The van der Waals surface area contributed by atoms with Crippen LogP contribution in [0.1, 0.15) is 85.9 Å². The first-order chi connectivity index (χ1) is 13.6. The van der Waals surface area contributed by atoms with Crippen LogP contribution in [0.25, 0.3) is 0 Å². The van der Waals surface area contributed by atoms with Gasteiger partial charge in [0.15, 0.2) is 6.61 Å². The van der Waals surface area contributed by atoms with E-state index in [0.29, 0.717) is 0 Å². The Bertz CT molecular complexity index is 668. The number of benzene rings is 1. The van der Waals surface area contributed by atoms with Crippen LogP contribution in [0.2, 0.25) is 0 Å². The number of amides is 1. The Balaban J connectivity index is -0.00000103. The normalized spacial score (nSPS) is 8.62. The molecule has 1 amide bonds. The molecule has 166 valence electrons. The highest BCUT2D eigenvalue weighted by Gasteiger charge is 2.25. The van der Waals surface area contributed by atoms with Crippen LogP contribution < -0.4 is 5.32 Å². The average molecular weight is 414 g/mol. The Labute approximate surface area is 173 Å². The summed E-state index contributed by atoms with van der Waals surface area (Å²) in [5, 5.41) is 21.0. The van der Waals surface area contributed by atoms with Gasteiger partial charge in [0.2, 0.25) is 0 Å². The van der Waals surface area contributed by atoms with Crippen molar-refractivity contribution in [3.63, 3.8) is 0 Å². The summed E-state index contributed by atoms with van der Waals surface area (Å²) in [7, 11) is 0. The highest BCUT2D eigenvalue weighted by molar-refractivity contribution is 6.04. The van der Waals surface area contributed by atoms with Gasteiger partial charge in [0.05, 0.1) is 11.1 Å². The van der Waals surface area contributed by atoms with Gasteiger partial charge in [-0.3, -0.25) is 9.59 Å². The number of anilines is 1. The number of nitrogens with one attached hydrogen (secondary N) is 1. The molecule has 0 spiro atoms. The predicted octanol–water partition coefficient (Wildman–Crippen LogP) is 4.59. The van der Waals surface area contributed by atoms with Gasteiger partial charge in [0, 0.05) is 12.6 Å². The molecule has 0 saturated carbocycles. The Morgan fingerprint density at radius 2 is 1.10 bits per heavy atom. The van der Waals surface area contributed by atoms with E-state index in [2.05, 4.69) is 10.1 Å². The number of ether oxygens (including phenoxy) is 1. The lowest BCUT2D eigenvalue weighted by Crippen LogP contribution is -2.23. The van der Waals surface area contributed by atoms with Crippen molar-refractivity contribution in [1.29, 1.82) is 0 Å². The summed E-state index contributed by atoms with van der Waals surface area (Å²) in [6.45, 7) is 16.9. The molecule has 0 aromatic heterocycles. The van der Waals surface area contributed by atoms with Crippen molar-refractivity contribution < 1.29 is 34.1 Å². The molecular formula is C21H35NO7. The van der Waals surface area contributed by atoms with Crippen molar-refractivity contribution in [2.75, 3.05) is 11.9 Å². The van der Waals surface area contributed by atoms with Crippen molar-refractivity contribution in [3.8, 4) is 0 Å². The van der Waals surface area contributed by atoms with Gasteiger partial charge in [0.25, 0.3) is 5.91 Å². The van der Waals surface area contributed by atoms with E-state index in [9.17, 15) is 29.4 Å². The maximum absolute atomic E-state index is 11.8. The van der Waals surface area contributed by atoms with E-state index in [0.717, 1.165) is 6.92 Å². The smallest absolute Gasteiger partial charge is 0.336 e. The number of esters is 1. The molecule has 1 rings (SSSR count). The highest BCUT2D eigenvalue weighted by atomic mass is 16.5. The van der Waals surface area contributed by atoms with Gasteiger partial charge < -0.3 is 20.3 Å². The van der Waals surface area contributed by atoms with Gasteiger partial charge in [-0.25, -0.2) is 9.59 Å². The van der Waals surface area contributed by atoms with Crippen LogP contribution in [0, 0.1) is 20.8 Å². The standard InChI is InChI=1S/C15H17NO7.3C2H6/c1-6-11(14(19)20)7(2)13(8(3)12(6)15(21)22)16-10(18)5-23-9(4)17;3*1-2/h5H2,1-4H3,(H,16,18)(H,19,20)(H,21,22);3*1-2H3. The monoisotopic (exact) mass is 413 g/mol. The molecule has 3 N–H and O–H groups in total. The van der Waals surface area contributed by atoms with Gasteiger partial charge in [-0.15, -0.1) is 0 Å². The van der Waals surface area contributed by atoms with Crippen molar-refractivity contribution in [2.24, 2.45) is 0 Å². The lowest BCUT2D eigenvalue weighted by atomic mass is 9.91. The van der Waals surface area contributed by atoms with Gasteiger partial charge >= 0.3 is 17.9 Å². The number of hydrogen-bond donors (Lipinski definition) is 3. The second-order valence-electron chi connectivity index (χ2n) is 4.94. The van der Waals surface area contributed by atoms with E-state index in [-0.39, 0.29) is 33.5 Å². The zero-order chi connectivity index (χ0) is 23.9. The van der Waals surface area contributed by atoms with Gasteiger partial charge in [0.1, 0.15) is 0 Å². The van der Waals surface area contributed by atoms with Crippen molar-refractivity contribution in [3.05, 3.63) is 27.8 Å². The summed E-state index contributed by atoms with van der Waals surface area (Å²) >= 11 is 0. The summed E-state index contributed by atoms with van der Waals surface area (Å²) in [6.07, 6.45) is 0. The van der Waals surface area contributed by atoms with Crippen LogP contribution in [0.4, 0.5) is 5.69 Å². The van der Waals surface area contributed by atoms with Crippen molar-refractivity contribution >= 4 is 29.5 Å². The summed E-state index contributed by atoms with van der Waals surface area (Å²) in [5.41, 5.74) is 0.287. The minimum Gasteiger partial charge on any atom is -0.478 e. The molecule has 0 atom stereocenters. The van der Waals surface area contributed by atoms with Crippen LogP contribution in [0.5, 0.6) is 0 Å². The minimum absolute atomic E-state index is 0.0857. The van der Waals surface area contributed by atoms with Crippen LogP contribution in [-0.4, -0.2) is 40.6 Å². The predicted molar refractivity (Wildman–Crippen MR) is 114 cm³/mol. The summed E-state index contributed by atoms with van der Waals surface area (Å²) < 4.78 is 4.55. The maximum atomic E-state index is 11.8.